The van der Waals surface area contributed by atoms with Crippen molar-refractivity contribution in [2.75, 3.05) is 6.54 Å². The van der Waals surface area contributed by atoms with Crippen LogP contribution in [0.15, 0.2) is 15.8 Å². The van der Waals surface area contributed by atoms with E-state index in [1.165, 1.54) is 4.90 Å². The van der Waals surface area contributed by atoms with Crippen LogP contribution in [-0.4, -0.2) is 44.4 Å². The van der Waals surface area contributed by atoms with Crippen LogP contribution in [0.1, 0.15) is 37.0 Å². The van der Waals surface area contributed by atoms with Crippen molar-refractivity contribution in [3.63, 3.8) is 0 Å². The smallest absolute Gasteiger partial charge is 0.326 e. The monoisotopic (exact) mass is 295 g/mol. The van der Waals surface area contributed by atoms with Crippen LogP contribution in [0.25, 0.3) is 0 Å². The third-order valence-corrected chi connectivity index (χ3v) is 3.82. The van der Waals surface area contributed by atoms with Gasteiger partial charge in [0, 0.05) is 12.7 Å². The fourth-order valence-electron chi connectivity index (χ4n) is 2.80. The molecule has 1 atom stereocenters. The quantitative estimate of drug-likeness (QED) is 0.696. The molecule has 2 rings (SSSR count). The molecular formula is C13H17N3O5. The van der Waals surface area contributed by atoms with Crippen molar-refractivity contribution in [3.05, 3.63) is 32.6 Å². The van der Waals surface area contributed by atoms with Crippen LogP contribution < -0.4 is 11.2 Å². The zero-order valence-electron chi connectivity index (χ0n) is 11.8. The van der Waals surface area contributed by atoms with E-state index in [0.717, 1.165) is 6.20 Å². The second kappa shape index (κ2) is 5.19. The van der Waals surface area contributed by atoms with Gasteiger partial charge in [-0.3, -0.25) is 14.6 Å². The Hall–Kier alpha value is -2.38. The fraction of sp³-hybridized carbons (Fsp3) is 0.538. The molecule has 0 bridgehead atoms. The van der Waals surface area contributed by atoms with Gasteiger partial charge >= 0.3 is 11.7 Å². The average molecular weight is 295 g/mol. The van der Waals surface area contributed by atoms with Gasteiger partial charge in [0.2, 0.25) is 0 Å². The Morgan fingerprint density at radius 2 is 2.05 bits per heavy atom. The molecular weight excluding hydrogens is 278 g/mol. The molecule has 114 valence electrons. The summed E-state index contributed by atoms with van der Waals surface area (Å²) < 4.78 is 0. The summed E-state index contributed by atoms with van der Waals surface area (Å²) in [7, 11) is 0. The van der Waals surface area contributed by atoms with E-state index < -0.39 is 34.6 Å². The number of hydrogen-bond acceptors (Lipinski definition) is 4. The number of aliphatic carboxylic acids is 1. The van der Waals surface area contributed by atoms with Crippen LogP contribution >= 0.6 is 0 Å². The summed E-state index contributed by atoms with van der Waals surface area (Å²) in [5.41, 5.74) is -2.39. The summed E-state index contributed by atoms with van der Waals surface area (Å²) in [6.07, 6.45) is 2.35. The second-order valence-corrected chi connectivity index (χ2v) is 5.82. The van der Waals surface area contributed by atoms with E-state index in [1.807, 2.05) is 4.98 Å². The number of aromatic nitrogens is 2. The molecule has 1 unspecified atom stereocenters. The third kappa shape index (κ3) is 2.74. The van der Waals surface area contributed by atoms with Crippen molar-refractivity contribution >= 4 is 11.9 Å². The normalized spacial score (nSPS) is 21.0. The highest BCUT2D eigenvalue weighted by Crippen LogP contribution is 2.35. The van der Waals surface area contributed by atoms with Gasteiger partial charge in [-0.1, -0.05) is 13.8 Å². The van der Waals surface area contributed by atoms with Gasteiger partial charge in [-0.25, -0.2) is 9.59 Å². The Kier molecular flexibility index (Phi) is 3.71. The Bertz CT molecular complexity index is 688. The molecule has 1 aliphatic rings. The van der Waals surface area contributed by atoms with E-state index in [9.17, 15) is 24.3 Å². The fourth-order valence-corrected chi connectivity index (χ4v) is 2.80. The van der Waals surface area contributed by atoms with E-state index in [1.54, 1.807) is 13.8 Å². The van der Waals surface area contributed by atoms with Gasteiger partial charge in [-0.15, -0.1) is 0 Å². The van der Waals surface area contributed by atoms with Crippen LogP contribution in [0.5, 0.6) is 0 Å². The largest absolute Gasteiger partial charge is 0.480 e. The molecule has 1 amide bonds. The number of aromatic amines is 2. The number of H-pyrrole nitrogens is 2. The summed E-state index contributed by atoms with van der Waals surface area (Å²) in [4.78, 5) is 52.0. The van der Waals surface area contributed by atoms with E-state index in [4.69, 9.17) is 0 Å². The van der Waals surface area contributed by atoms with Crippen LogP contribution in [0, 0.1) is 5.41 Å². The summed E-state index contributed by atoms with van der Waals surface area (Å²) in [6.45, 7) is 3.82. The number of rotatable bonds is 2. The van der Waals surface area contributed by atoms with Crippen molar-refractivity contribution in [1.82, 2.24) is 14.9 Å². The first-order valence-corrected chi connectivity index (χ1v) is 6.60. The van der Waals surface area contributed by atoms with Crippen molar-refractivity contribution in [1.29, 1.82) is 0 Å². The van der Waals surface area contributed by atoms with Crippen LogP contribution in [0.3, 0.4) is 0 Å². The van der Waals surface area contributed by atoms with E-state index in [-0.39, 0.29) is 12.1 Å². The Balaban J connectivity index is 2.43. The summed E-state index contributed by atoms with van der Waals surface area (Å²) in [5, 5.41) is 9.42. The van der Waals surface area contributed by atoms with Crippen molar-refractivity contribution < 1.29 is 14.7 Å². The second-order valence-electron chi connectivity index (χ2n) is 5.82. The Morgan fingerprint density at radius 3 is 2.62 bits per heavy atom. The molecule has 0 saturated carbocycles. The third-order valence-electron chi connectivity index (χ3n) is 3.82. The minimum atomic E-state index is -1.10. The van der Waals surface area contributed by atoms with Crippen LogP contribution in [0.2, 0.25) is 0 Å². The number of nitrogens with one attached hydrogen (secondary N) is 2. The van der Waals surface area contributed by atoms with E-state index in [0.29, 0.717) is 12.8 Å². The molecule has 1 aromatic heterocycles. The molecule has 0 aliphatic carbocycles. The zero-order valence-corrected chi connectivity index (χ0v) is 11.8. The number of carbonyl (C=O) groups excluding carboxylic acids is 1. The molecule has 3 N–H and O–H groups in total. The maximum absolute atomic E-state index is 12.5. The maximum atomic E-state index is 12.5. The topological polar surface area (TPSA) is 123 Å². The number of hydrogen-bond donors (Lipinski definition) is 3. The van der Waals surface area contributed by atoms with Gasteiger partial charge < -0.3 is 15.0 Å². The number of likely N-dealkylation sites (tertiary alicyclic amines) is 1. The van der Waals surface area contributed by atoms with Gasteiger partial charge in [0.25, 0.3) is 11.5 Å². The average Bonchev–Trinajstić information content (AvgIpc) is 2.36. The zero-order chi connectivity index (χ0) is 15.8. The highest BCUT2D eigenvalue weighted by atomic mass is 16.4. The molecule has 1 aliphatic heterocycles. The standard InChI is InChI=1S/C13H17N3O5/c1-13(2)4-3-5-16(8(13)11(19)20)10(18)7-6-14-12(21)15-9(7)17/h6,8H,3-5H2,1-2H3,(H,19,20)(H2,14,15,17,21). The number of piperidine rings is 1. The van der Waals surface area contributed by atoms with Crippen molar-refractivity contribution in [3.8, 4) is 0 Å². The molecule has 1 fully saturated rings. The van der Waals surface area contributed by atoms with Crippen molar-refractivity contribution in [2.45, 2.75) is 32.7 Å². The molecule has 2 heterocycles. The SMILES string of the molecule is CC1(C)CCCN(C(=O)c2c[nH]c(=O)[nH]c2=O)C1C(=O)O. The molecule has 0 spiro atoms. The van der Waals surface area contributed by atoms with Crippen LogP contribution in [0.4, 0.5) is 0 Å². The Morgan fingerprint density at radius 1 is 1.38 bits per heavy atom. The number of nitrogens with zero attached hydrogens (tertiary/aromatic N) is 1. The predicted octanol–water partition coefficient (Wildman–Crippen LogP) is -0.221. The summed E-state index contributed by atoms with van der Waals surface area (Å²) >= 11 is 0. The minimum Gasteiger partial charge on any atom is -0.480 e. The van der Waals surface area contributed by atoms with E-state index in [2.05, 4.69) is 4.98 Å². The lowest BCUT2D eigenvalue weighted by Crippen LogP contribution is -2.57. The molecule has 1 saturated heterocycles. The summed E-state index contributed by atoms with van der Waals surface area (Å²) in [6, 6.07) is -1.01. The van der Waals surface area contributed by atoms with E-state index >= 15 is 0 Å². The first kappa shape index (κ1) is 15.0. The van der Waals surface area contributed by atoms with Gasteiger partial charge in [0.05, 0.1) is 0 Å². The lowest BCUT2D eigenvalue weighted by Gasteiger charge is -2.43. The number of carboxylic acids is 1. The lowest BCUT2D eigenvalue weighted by atomic mass is 9.76. The molecule has 21 heavy (non-hydrogen) atoms. The molecule has 8 heteroatoms. The van der Waals surface area contributed by atoms with Gasteiger partial charge in [-0.05, 0) is 18.3 Å². The predicted molar refractivity (Wildman–Crippen MR) is 73.2 cm³/mol. The van der Waals surface area contributed by atoms with Gasteiger partial charge in [-0.2, -0.15) is 0 Å². The first-order valence-electron chi connectivity index (χ1n) is 6.60. The molecule has 0 radical (unpaired) electrons. The molecule has 0 aromatic carbocycles. The Labute approximate surface area is 119 Å². The van der Waals surface area contributed by atoms with Crippen LogP contribution in [-0.2, 0) is 4.79 Å². The molecule has 8 nitrogen and oxygen atoms in total. The number of amides is 1. The summed E-state index contributed by atoms with van der Waals surface area (Å²) in [5.74, 6) is -1.79. The maximum Gasteiger partial charge on any atom is 0.326 e. The number of carboxylic acid groups (broad SMARTS) is 1. The lowest BCUT2D eigenvalue weighted by molar-refractivity contribution is -0.148. The van der Waals surface area contributed by atoms with Crippen molar-refractivity contribution in [2.24, 2.45) is 5.41 Å². The van der Waals surface area contributed by atoms with Gasteiger partial charge in [0.1, 0.15) is 11.6 Å². The molecule has 1 aromatic rings. The first-order chi connectivity index (χ1) is 9.74. The van der Waals surface area contributed by atoms with Gasteiger partial charge in [0.15, 0.2) is 0 Å². The number of carbonyl (C=O) groups is 2. The highest BCUT2D eigenvalue weighted by molar-refractivity contribution is 5.96. The highest BCUT2D eigenvalue weighted by Gasteiger charge is 2.45. The minimum absolute atomic E-state index is 0.262.